The summed E-state index contributed by atoms with van der Waals surface area (Å²) in [5.41, 5.74) is 0.905. The van der Waals surface area contributed by atoms with Gasteiger partial charge >= 0.3 is 5.97 Å². The number of carbonyl (C=O) groups is 1. The van der Waals surface area contributed by atoms with Crippen molar-refractivity contribution in [3.63, 3.8) is 0 Å². The lowest BCUT2D eigenvalue weighted by atomic mass is 10.2. The van der Waals surface area contributed by atoms with E-state index in [-0.39, 0.29) is 5.97 Å². The predicted molar refractivity (Wildman–Crippen MR) is 73.4 cm³/mol. The van der Waals surface area contributed by atoms with E-state index in [1.165, 1.54) is 7.11 Å². The second-order valence-corrected chi connectivity index (χ2v) is 4.82. The third-order valence-electron chi connectivity index (χ3n) is 3.25. The molecule has 1 fully saturated rings. The van der Waals surface area contributed by atoms with Crippen LogP contribution in [0.4, 0.5) is 11.6 Å². The minimum atomic E-state index is -0.435. The average molecular weight is 264 g/mol. The van der Waals surface area contributed by atoms with Gasteiger partial charge in [-0.1, -0.05) is 0 Å². The zero-order valence-corrected chi connectivity index (χ0v) is 11.8. The molecule has 2 rings (SSSR count). The van der Waals surface area contributed by atoms with Crippen molar-refractivity contribution in [3.05, 3.63) is 11.4 Å². The van der Waals surface area contributed by atoms with Crippen LogP contribution in [0.3, 0.4) is 0 Å². The van der Waals surface area contributed by atoms with Gasteiger partial charge in [0.2, 0.25) is 0 Å². The molecule has 1 unspecified atom stereocenters. The van der Waals surface area contributed by atoms with Gasteiger partial charge in [-0.05, 0) is 26.7 Å². The topological polar surface area (TPSA) is 76.1 Å². The highest BCUT2D eigenvalue weighted by Crippen LogP contribution is 2.39. The summed E-state index contributed by atoms with van der Waals surface area (Å²) < 4.78 is 4.71. The maximum Gasteiger partial charge on any atom is 0.328 e. The zero-order chi connectivity index (χ0) is 14.0. The molecule has 0 spiro atoms. The molecule has 1 heterocycles. The maximum absolute atomic E-state index is 11.5. The Morgan fingerprint density at radius 3 is 2.53 bits per heavy atom. The van der Waals surface area contributed by atoms with Gasteiger partial charge in [0.15, 0.2) is 0 Å². The molecule has 1 aromatic heterocycles. The molecular formula is C13H20N4O2. The molecule has 0 bridgehead atoms. The highest BCUT2D eigenvalue weighted by atomic mass is 16.5. The monoisotopic (exact) mass is 264 g/mol. The summed E-state index contributed by atoms with van der Waals surface area (Å²) >= 11 is 0. The van der Waals surface area contributed by atoms with Crippen LogP contribution in [-0.4, -0.2) is 36.1 Å². The molecule has 0 amide bonds. The van der Waals surface area contributed by atoms with Crippen molar-refractivity contribution >= 4 is 17.6 Å². The van der Waals surface area contributed by atoms with Crippen LogP contribution in [0.2, 0.25) is 0 Å². The number of aromatic nitrogens is 2. The second-order valence-electron chi connectivity index (χ2n) is 4.82. The standard InChI is InChI=1S/C13H20N4O2/c1-7-10(14-3)16-12(9-5-6-9)17-11(7)15-8(2)13(18)19-4/h8-9H,5-6H2,1-4H3,(H2,14,15,16,17). The van der Waals surface area contributed by atoms with E-state index in [0.717, 1.165) is 30.0 Å². The molecule has 0 saturated heterocycles. The lowest BCUT2D eigenvalue weighted by Gasteiger charge is -2.16. The molecule has 2 N–H and O–H groups in total. The Kier molecular flexibility index (Phi) is 3.87. The lowest BCUT2D eigenvalue weighted by Crippen LogP contribution is -2.28. The van der Waals surface area contributed by atoms with E-state index in [2.05, 4.69) is 20.6 Å². The van der Waals surface area contributed by atoms with Crippen LogP contribution < -0.4 is 10.6 Å². The Labute approximate surface area is 113 Å². The van der Waals surface area contributed by atoms with Gasteiger partial charge in [0, 0.05) is 18.5 Å². The minimum absolute atomic E-state index is 0.308. The first-order valence-corrected chi connectivity index (χ1v) is 6.47. The second kappa shape index (κ2) is 5.42. The van der Waals surface area contributed by atoms with Gasteiger partial charge in [-0.3, -0.25) is 0 Å². The Morgan fingerprint density at radius 1 is 1.37 bits per heavy atom. The van der Waals surface area contributed by atoms with E-state index in [1.54, 1.807) is 6.92 Å². The Morgan fingerprint density at radius 2 is 2.00 bits per heavy atom. The van der Waals surface area contributed by atoms with Gasteiger partial charge in [-0.2, -0.15) is 0 Å². The largest absolute Gasteiger partial charge is 0.467 e. The SMILES string of the molecule is CNc1nc(C2CC2)nc(NC(C)C(=O)OC)c1C. The lowest BCUT2D eigenvalue weighted by molar-refractivity contribution is -0.141. The summed E-state index contributed by atoms with van der Waals surface area (Å²) in [6.07, 6.45) is 2.27. The number of carbonyl (C=O) groups excluding carboxylic acids is 1. The third kappa shape index (κ3) is 2.94. The number of nitrogens with zero attached hydrogens (tertiary/aromatic N) is 2. The predicted octanol–water partition coefficient (Wildman–Crippen LogP) is 1.68. The fourth-order valence-corrected chi connectivity index (χ4v) is 1.88. The maximum atomic E-state index is 11.5. The number of anilines is 2. The first-order chi connectivity index (χ1) is 9.06. The molecule has 1 aliphatic rings. The number of hydrogen-bond acceptors (Lipinski definition) is 6. The van der Waals surface area contributed by atoms with Crippen molar-refractivity contribution in [1.82, 2.24) is 9.97 Å². The summed E-state index contributed by atoms with van der Waals surface area (Å²) in [5, 5.41) is 6.16. The van der Waals surface area contributed by atoms with Gasteiger partial charge in [0.05, 0.1) is 7.11 Å². The van der Waals surface area contributed by atoms with Crippen LogP contribution >= 0.6 is 0 Å². The quantitative estimate of drug-likeness (QED) is 0.788. The summed E-state index contributed by atoms with van der Waals surface area (Å²) in [7, 11) is 3.21. The van der Waals surface area contributed by atoms with Crippen LogP contribution in [0.15, 0.2) is 0 Å². The number of methoxy groups -OCH3 is 1. The van der Waals surface area contributed by atoms with Crippen molar-refractivity contribution < 1.29 is 9.53 Å². The summed E-state index contributed by atoms with van der Waals surface area (Å²) in [4.78, 5) is 20.5. The van der Waals surface area contributed by atoms with Crippen LogP contribution in [0.1, 0.15) is 37.1 Å². The first-order valence-electron chi connectivity index (χ1n) is 6.47. The molecule has 1 aromatic rings. The molecular weight excluding hydrogens is 244 g/mol. The van der Waals surface area contributed by atoms with Gasteiger partial charge < -0.3 is 15.4 Å². The van der Waals surface area contributed by atoms with Gasteiger partial charge in [-0.25, -0.2) is 14.8 Å². The normalized spacial score (nSPS) is 15.8. The highest BCUT2D eigenvalue weighted by molar-refractivity contribution is 5.79. The molecule has 1 atom stereocenters. The zero-order valence-electron chi connectivity index (χ0n) is 11.8. The Balaban J connectivity index is 2.27. The van der Waals surface area contributed by atoms with E-state index >= 15 is 0 Å². The minimum Gasteiger partial charge on any atom is -0.467 e. The van der Waals surface area contributed by atoms with Crippen LogP contribution in [0, 0.1) is 6.92 Å². The fraction of sp³-hybridized carbons (Fsp3) is 0.615. The molecule has 1 aliphatic carbocycles. The number of ether oxygens (including phenoxy) is 1. The molecule has 0 aliphatic heterocycles. The van der Waals surface area contributed by atoms with Crippen LogP contribution in [-0.2, 0) is 9.53 Å². The fourth-order valence-electron chi connectivity index (χ4n) is 1.88. The van der Waals surface area contributed by atoms with Crippen molar-refractivity contribution in [2.75, 3.05) is 24.8 Å². The molecule has 1 saturated carbocycles. The number of esters is 1. The number of rotatable bonds is 5. The van der Waals surface area contributed by atoms with E-state index in [4.69, 9.17) is 4.74 Å². The number of nitrogens with one attached hydrogen (secondary N) is 2. The van der Waals surface area contributed by atoms with Crippen molar-refractivity contribution in [2.45, 2.75) is 38.6 Å². The van der Waals surface area contributed by atoms with E-state index < -0.39 is 6.04 Å². The summed E-state index contributed by atoms with van der Waals surface area (Å²) in [6, 6.07) is -0.435. The smallest absolute Gasteiger partial charge is 0.328 e. The molecule has 104 valence electrons. The third-order valence-corrected chi connectivity index (χ3v) is 3.25. The van der Waals surface area contributed by atoms with E-state index in [1.807, 2.05) is 14.0 Å². The number of hydrogen-bond donors (Lipinski definition) is 2. The average Bonchev–Trinajstić information content (AvgIpc) is 3.24. The Hall–Kier alpha value is -1.85. The van der Waals surface area contributed by atoms with Crippen molar-refractivity contribution in [2.24, 2.45) is 0 Å². The van der Waals surface area contributed by atoms with E-state index in [0.29, 0.717) is 11.7 Å². The molecule has 0 aromatic carbocycles. The summed E-state index contributed by atoms with van der Waals surface area (Å²) in [6.45, 7) is 3.68. The van der Waals surface area contributed by atoms with Crippen molar-refractivity contribution in [3.8, 4) is 0 Å². The molecule has 6 nitrogen and oxygen atoms in total. The molecule has 0 radical (unpaired) electrons. The summed E-state index contributed by atoms with van der Waals surface area (Å²) in [5.74, 6) is 2.49. The van der Waals surface area contributed by atoms with Crippen molar-refractivity contribution in [1.29, 1.82) is 0 Å². The van der Waals surface area contributed by atoms with E-state index in [9.17, 15) is 4.79 Å². The Bertz CT molecular complexity index is 486. The first kappa shape index (κ1) is 13.6. The van der Waals surface area contributed by atoms with Crippen LogP contribution in [0.5, 0.6) is 0 Å². The van der Waals surface area contributed by atoms with Crippen LogP contribution in [0.25, 0.3) is 0 Å². The molecule has 19 heavy (non-hydrogen) atoms. The molecule has 6 heteroatoms. The van der Waals surface area contributed by atoms with Gasteiger partial charge in [0.25, 0.3) is 0 Å². The van der Waals surface area contributed by atoms with Gasteiger partial charge in [-0.15, -0.1) is 0 Å². The van der Waals surface area contributed by atoms with Gasteiger partial charge in [0.1, 0.15) is 23.5 Å². The highest BCUT2D eigenvalue weighted by Gasteiger charge is 2.28.